The second-order valence-electron chi connectivity index (χ2n) is 4.59. The Kier molecular flexibility index (Phi) is 2.99. The van der Waals surface area contributed by atoms with Gasteiger partial charge in [0.05, 0.1) is 6.04 Å². The lowest BCUT2D eigenvalue weighted by Gasteiger charge is -2.30. The predicted molar refractivity (Wildman–Crippen MR) is 64.7 cm³/mol. The Labute approximate surface area is 97.3 Å². The summed E-state index contributed by atoms with van der Waals surface area (Å²) in [6.07, 6.45) is 0.609. The van der Waals surface area contributed by atoms with Gasteiger partial charge >= 0.3 is 0 Å². The number of hydrogen-bond donors (Lipinski definition) is 0. The molecule has 2 atom stereocenters. The van der Waals surface area contributed by atoms with Crippen LogP contribution in [0.15, 0.2) is 30.3 Å². The molecule has 2 nitrogen and oxygen atoms in total. The van der Waals surface area contributed by atoms with E-state index in [1.165, 1.54) is 11.5 Å². The Morgan fingerprint density at radius 3 is 2.44 bits per heavy atom. The summed E-state index contributed by atoms with van der Waals surface area (Å²) in [5.41, 5.74) is 1.21. The van der Waals surface area contributed by atoms with Crippen molar-refractivity contribution in [3.8, 4) is 0 Å². The molecular formula is C14H18NO. The van der Waals surface area contributed by atoms with Crippen molar-refractivity contribution in [3.63, 3.8) is 0 Å². The predicted octanol–water partition coefficient (Wildman–Crippen LogP) is 2.96. The van der Waals surface area contributed by atoms with Gasteiger partial charge in [-0.25, -0.2) is 0 Å². The van der Waals surface area contributed by atoms with Crippen LogP contribution in [0.3, 0.4) is 0 Å². The zero-order valence-electron chi connectivity index (χ0n) is 10.1. The van der Waals surface area contributed by atoms with E-state index < -0.39 is 0 Å². The molecule has 1 aromatic carbocycles. The maximum atomic E-state index is 11.9. The van der Waals surface area contributed by atoms with Crippen LogP contribution in [0.5, 0.6) is 0 Å². The Bertz CT molecular complexity index is 374. The summed E-state index contributed by atoms with van der Waals surface area (Å²) in [7, 11) is 0. The molecule has 1 aromatic rings. The number of rotatable bonds is 2. The van der Waals surface area contributed by atoms with E-state index in [-0.39, 0.29) is 18.0 Å². The molecule has 1 saturated heterocycles. The first-order chi connectivity index (χ1) is 7.61. The fourth-order valence-corrected chi connectivity index (χ4v) is 2.37. The molecule has 1 heterocycles. The van der Waals surface area contributed by atoms with E-state index in [2.05, 4.69) is 32.9 Å². The number of carbonyl (C=O) groups excluding carboxylic acids is 1. The molecule has 0 aliphatic carbocycles. The Morgan fingerprint density at radius 2 is 1.94 bits per heavy atom. The van der Waals surface area contributed by atoms with Gasteiger partial charge in [0.25, 0.3) is 0 Å². The van der Waals surface area contributed by atoms with Gasteiger partial charge in [-0.1, -0.05) is 37.3 Å². The Morgan fingerprint density at radius 1 is 1.31 bits per heavy atom. The molecule has 1 radical (unpaired) electrons. The van der Waals surface area contributed by atoms with Gasteiger partial charge in [-0.3, -0.25) is 4.79 Å². The molecule has 1 fully saturated rings. The maximum Gasteiger partial charge on any atom is 0.223 e. The lowest BCUT2D eigenvalue weighted by Crippen LogP contribution is -2.34. The minimum atomic E-state index is 0.168. The van der Waals surface area contributed by atoms with Crippen molar-refractivity contribution in [3.05, 3.63) is 41.8 Å². The van der Waals surface area contributed by atoms with Crippen molar-refractivity contribution < 1.29 is 4.79 Å². The fraction of sp³-hybridized carbons (Fsp3) is 0.429. The lowest BCUT2D eigenvalue weighted by atomic mass is 10.0. The van der Waals surface area contributed by atoms with Crippen molar-refractivity contribution in [2.75, 3.05) is 0 Å². The van der Waals surface area contributed by atoms with Crippen molar-refractivity contribution in [1.82, 2.24) is 4.90 Å². The highest BCUT2D eigenvalue weighted by Crippen LogP contribution is 2.34. The highest BCUT2D eigenvalue weighted by Gasteiger charge is 2.37. The molecule has 2 heteroatoms. The summed E-state index contributed by atoms with van der Waals surface area (Å²) >= 11 is 0. The van der Waals surface area contributed by atoms with Crippen LogP contribution in [0, 0.1) is 5.92 Å². The van der Waals surface area contributed by atoms with E-state index in [1.807, 2.05) is 23.1 Å². The third kappa shape index (κ3) is 1.84. The van der Waals surface area contributed by atoms with Gasteiger partial charge in [-0.15, -0.1) is 0 Å². The first kappa shape index (κ1) is 11.2. The highest BCUT2D eigenvalue weighted by molar-refractivity contribution is 5.82. The summed E-state index contributed by atoms with van der Waals surface area (Å²) in [5, 5.41) is 0. The van der Waals surface area contributed by atoms with E-state index in [1.54, 1.807) is 0 Å². The molecule has 0 aromatic heterocycles. The molecule has 0 spiro atoms. The van der Waals surface area contributed by atoms with E-state index in [4.69, 9.17) is 0 Å². The van der Waals surface area contributed by atoms with E-state index in [9.17, 15) is 4.79 Å². The van der Waals surface area contributed by atoms with E-state index in [0.29, 0.717) is 6.42 Å². The van der Waals surface area contributed by atoms with Crippen LogP contribution in [0.25, 0.3) is 0 Å². The van der Waals surface area contributed by atoms with Gasteiger partial charge < -0.3 is 4.90 Å². The summed E-state index contributed by atoms with van der Waals surface area (Å²) < 4.78 is 0. The first-order valence-corrected chi connectivity index (χ1v) is 5.79. The van der Waals surface area contributed by atoms with Gasteiger partial charge in [0.2, 0.25) is 5.91 Å². The van der Waals surface area contributed by atoms with Gasteiger partial charge in [-0.2, -0.15) is 0 Å². The van der Waals surface area contributed by atoms with Crippen LogP contribution >= 0.6 is 0 Å². The minimum Gasteiger partial charge on any atom is -0.333 e. The van der Waals surface area contributed by atoms with Crippen molar-refractivity contribution >= 4 is 5.91 Å². The fourth-order valence-electron chi connectivity index (χ4n) is 2.37. The topological polar surface area (TPSA) is 20.3 Å². The zero-order valence-corrected chi connectivity index (χ0v) is 10.1. The molecule has 2 rings (SSSR count). The third-order valence-electron chi connectivity index (χ3n) is 3.55. The summed E-state index contributed by atoms with van der Waals surface area (Å²) in [6, 6.07) is 10.6. The van der Waals surface area contributed by atoms with Crippen LogP contribution < -0.4 is 0 Å². The number of carbonyl (C=O) groups is 1. The van der Waals surface area contributed by atoms with Crippen LogP contribution in [-0.4, -0.2) is 16.8 Å². The second-order valence-corrected chi connectivity index (χ2v) is 4.59. The largest absolute Gasteiger partial charge is 0.333 e. The number of benzene rings is 1. The molecular weight excluding hydrogens is 198 g/mol. The average Bonchev–Trinajstić information content (AvgIpc) is 2.54. The number of hydrogen-bond acceptors (Lipinski definition) is 1. The molecule has 0 saturated carbocycles. The highest BCUT2D eigenvalue weighted by atomic mass is 16.2. The van der Waals surface area contributed by atoms with Crippen molar-refractivity contribution in [2.45, 2.75) is 39.3 Å². The number of likely N-dealkylation sites (tertiary alicyclic amines) is 1. The van der Waals surface area contributed by atoms with Gasteiger partial charge in [0.15, 0.2) is 0 Å². The molecule has 1 unspecified atom stereocenters. The quantitative estimate of drug-likeness (QED) is 0.744. The lowest BCUT2D eigenvalue weighted by molar-refractivity contribution is -0.130. The standard InChI is InChI=1S/C14H18NO/c1-10-9-14(16)15(11(10)2)12(3)13-7-5-4-6-8-13/h4-8,11-12H,9H2,1-3H3/t11?,12-/m1/s1. The number of amides is 1. The van der Waals surface area contributed by atoms with Crippen molar-refractivity contribution in [1.29, 1.82) is 0 Å². The van der Waals surface area contributed by atoms with Gasteiger partial charge in [0.1, 0.15) is 0 Å². The summed E-state index contributed by atoms with van der Waals surface area (Å²) in [6.45, 7) is 6.28. The molecule has 1 aliphatic heterocycles. The smallest absolute Gasteiger partial charge is 0.223 e. The molecule has 0 N–H and O–H groups in total. The molecule has 85 valence electrons. The first-order valence-electron chi connectivity index (χ1n) is 5.79. The van der Waals surface area contributed by atoms with E-state index in [0.717, 1.165) is 0 Å². The summed E-state index contributed by atoms with van der Waals surface area (Å²) in [5.74, 6) is 1.52. The zero-order chi connectivity index (χ0) is 11.7. The monoisotopic (exact) mass is 216 g/mol. The van der Waals surface area contributed by atoms with Crippen LogP contribution in [-0.2, 0) is 4.79 Å². The van der Waals surface area contributed by atoms with Gasteiger partial charge in [0, 0.05) is 18.4 Å². The maximum absolute atomic E-state index is 11.9. The molecule has 0 bridgehead atoms. The Balaban J connectivity index is 2.22. The van der Waals surface area contributed by atoms with Crippen LogP contribution in [0.4, 0.5) is 0 Å². The SMILES string of the molecule is C[C]1CC(=O)N([C@H](C)c2ccccc2)C1C. The van der Waals surface area contributed by atoms with E-state index >= 15 is 0 Å². The molecule has 1 amide bonds. The second kappa shape index (κ2) is 4.28. The number of nitrogens with zero attached hydrogens (tertiary/aromatic N) is 1. The summed E-state index contributed by atoms with van der Waals surface area (Å²) in [4.78, 5) is 13.9. The third-order valence-corrected chi connectivity index (χ3v) is 3.55. The minimum absolute atomic E-state index is 0.168. The van der Waals surface area contributed by atoms with Crippen LogP contribution in [0.1, 0.15) is 38.8 Å². The normalized spacial score (nSPS) is 23.8. The molecule has 16 heavy (non-hydrogen) atoms. The van der Waals surface area contributed by atoms with Crippen molar-refractivity contribution in [2.24, 2.45) is 0 Å². The molecule has 1 aliphatic rings. The average molecular weight is 216 g/mol. The van der Waals surface area contributed by atoms with Crippen LogP contribution in [0.2, 0.25) is 0 Å². The Hall–Kier alpha value is -1.31. The van der Waals surface area contributed by atoms with Gasteiger partial charge in [-0.05, 0) is 19.4 Å².